The van der Waals surface area contributed by atoms with Gasteiger partial charge in [-0.05, 0) is 23.6 Å². The fourth-order valence-electron chi connectivity index (χ4n) is 3.26. The van der Waals surface area contributed by atoms with Gasteiger partial charge in [-0.3, -0.25) is 4.99 Å². The van der Waals surface area contributed by atoms with E-state index in [1.165, 1.54) is 17.8 Å². The van der Waals surface area contributed by atoms with Crippen LogP contribution in [0.15, 0.2) is 53.7 Å². The Balaban J connectivity index is 0.00000300. The maximum atomic E-state index is 12.3. The Kier molecular flexibility index (Phi) is 8.54. The number of rotatable bonds is 5. The van der Waals surface area contributed by atoms with Crippen LogP contribution in [-0.2, 0) is 6.54 Å². The van der Waals surface area contributed by atoms with Gasteiger partial charge in [0, 0.05) is 44.9 Å². The highest BCUT2D eigenvalue weighted by atomic mass is 127. The van der Waals surface area contributed by atoms with Crippen molar-refractivity contribution in [3.05, 3.63) is 59.8 Å². The molecule has 0 spiro atoms. The second-order valence-corrected chi connectivity index (χ2v) is 6.65. The van der Waals surface area contributed by atoms with Gasteiger partial charge in [0.1, 0.15) is 0 Å². The third-order valence-electron chi connectivity index (χ3n) is 4.60. The molecule has 1 aromatic carbocycles. The third kappa shape index (κ3) is 7.06. The number of pyridine rings is 1. The number of aromatic nitrogens is 1. The molecule has 1 fully saturated rings. The molecule has 158 valence electrons. The smallest absolute Gasteiger partial charge is 0.422 e. The Morgan fingerprint density at radius 2 is 2.03 bits per heavy atom. The minimum Gasteiger partial charge on any atom is -0.468 e. The fourth-order valence-corrected chi connectivity index (χ4v) is 3.26. The van der Waals surface area contributed by atoms with E-state index in [0.29, 0.717) is 12.5 Å². The Morgan fingerprint density at radius 3 is 2.72 bits per heavy atom. The molecule has 1 saturated heterocycles. The number of likely N-dealkylation sites (tertiary alicyclic amines) is 1. The van der Waals surface area contributed by atoms with Crippen LogP contribution in [0.3, 0.4) is 0 Å². The summed E-state index contributed by atoms with van der Waals surface area (Å²) in [6, 6.07) is 13.6. The zero-order valence-electron chi connectivity index (χ0n) is 16.0. The van der Waals surface area contributed by atoms with Gasteiger partial charge in [-0.1, -0.05) is 30.3 Å². The van der Waals surface area contributed by atoms with Crippen molar-refractivity contribution in [1.29, 1.82) is 0 Å². The van der Waals surface area contributed by atoms with E-state index in [1.807, 2.05) is 18.2 Å². The lowest BCUT2D eigenvalue weighted by molar-refractivity contribution is -0.154. The number of nitrogens with zero attached hydrogens (tertiary/aromatic N) is 3. The lowest BCUT2D eigenvalue weighted by atomic mass is 9.99. The van der Waals surface area contributed by atoms with Gasteiger partial charge in [0.2, 0.25) is 5.88 Å². The van der Waals surface area contributed by atoms with Crippen molar-refractivity contribution in [2.24, 2.45) is 4.99 Å². The number of halogens is 4. The van der Waals surface area contributed by atoms with Crippen molar-refractivity contribution in [2.75, 3.05) is 26.7 Å². The quantitative estimate of drug-likeness (QED) is 0.365. The van der Waals surface area contributed by atoms with Gasteiger partial charge in [-0.2, -0.15) is 13.2 Å². The summed E-state index contributed by atoms with van der Waals surface area (Å²) in [5.41, 5.74) is 2.09. The molecule has 5 nitrogen and oxygen atoms in total. The van der Waals surface area contributed by atoms with E-state index in [-0.39, 0.29) is 29.9 Å². The molecule has 1 aliphatic rings. The Labute approximate surface area is 185 Å². The average molecular weight is 520 g/mol. The van der Waals surface area contributed by atoms with Crippen molar-refractivity contribution in [3.63, 3.8) is 0 Å². The Hall–Kier alpha value is -2.04. The third-order valence-corrected chi connectivity index (χ3v) is 4.60. The summed E-state index contributed by atoms with van der Waals surface area (Å²) < 4.78 is 41.5. The molecule has 0 saturated carbocycles. The van der Waals surface area contributed by atoms with Gasteiger partial charge >= 0.3 is 6.18 Å². The van der Waals surface area contributed by atoms with Crippen LogP contribution in [0.25, 0.3) is 0 Å². The summed E-state index contributed by atoms with van der Waals surface area (Å²) in [5, 5.41) is 3.27. The van der Waals surface area contributed by atoms with E-state index in [4.69, 9.17) is 4.74 Å². The standard InChI is InChI=1S/C20H23F3N4O.HI/c1-24-19(27-10-8-17(13-27)16-5-3-2-4-6-16)26-12-15-7-9-25-18(11-15)28-14-20(21,22)23;/h2-7,9,11,17H,8,10,12-14H2,1H3,(H,24,26);1H. The second kappa shape index (κ2) is 10.7. The number of guanidine groups is 1. The van der Waals surface area contributed by atoms with Gasteiger partial charge in [0.15, 0.2) is 12.6 Å². The molecule has 29 heavy (non-hydrogen) atoms. The summed E-state index contributed by atoms with van der Waals surface area (Å²) >= 11 is 0. The Bertz CT molecular complexity index is 802. The minimum atomic E-state index is -4.39. The maximum absolute atomic E-state index is 12.3. The van der Waals surface area contributed by atoms with Crippen molar-refractivity contribution in [3.8, 4) is 5.88 Å². The summed E-state index contributed by atoms with van der Waals surface area (Å²) in [6.07, 6.45) is -1.90. The van der Waals surface area contributed by atoms with Crippen LogP contribution in [-0.4, -0.2) is 48.8 Å². The normalized spacial score (nSPS) is 17.0. The molecule has 3 rings (SSSR count). The van der Waals surface area contributed by atoms with E-state index in [9.17, 15) is 13.2 Å². The number of aliphatic imine (C=N–C) groups is 1. The van der Waals surface area contributed by atoms with Gasteiger partial charge in [-0.25, -0.2) is 4.98 Å². The SMILES string of the molecule is CN=C(NCc1ccnc(OCC(F)(F)F)c1)N1CCC(c2ccccc2)C1.I. The van der Waals surface area contributed by atoms with Crippen LogP contribution in [0.5, 0.6) is 5.88 Å². The summed E-state index contributed by atoms with van der Waals surface area (Å²) in [4.78, 5) is 10.4. The zero-order valence-corrected chi connectivity index (χ0v) is 18.4. The predicted octanol–water partition coefficient (Wildman–Crippen LogP) is 4.21. The fraction of sp³-hybridized carbons (Fsp3) is 0.400. The van der Waals surface area contributed by atoms with E-state index in [2.05, 4.69) is 32.3 Å². The molecule has 1 unspecified atom stereocenters. The monoisotopic (exact) mass is 520 g/mol. The molecule has 1 aromatic heterocycles. The van der Waals surface area contributed by atoms with Gasteiger partial charge in [-0.15, -0.1) is 24.0 Å². The maximum Gasteiger partial charge on any atom is 0.422 e. The van der Waals surface area contributed by atoms with Crippen LogP contribution in [0.4, 0.5) is 13.2 Å². The molecule has 9 heteroatoms. The van der Waals surface area contributed by atoms with Crippen LogP contribution in [0.1, 0.15) is 23.5 Å². The van der Waals surface area contributed by atoms with Crippen LogP contribution < -0.4 is 10.1 Å². The Morgan fingerprint density at radius 1 is 1.28 bits per heavy atom. The molecule has 0 radical (unpaired) electrons. The van der Waals surface area contributed by atoms with E-state index in [0.717, 1.165) is 31.0 Å². The van der Waals surface area contributed by atoms with Crippen LogP contribution in [0.2, 0.25) is 0 Å². The first kappa shape index (κ1) is 23.2. The lowest BCUT2D eigenvalue weighted by Gasteiger charge is -2.22. The first-order valence-corrected chi connectivity index (χ1v) is 9.09. The van der Waals surface area contributed by atoms with Gasteiger partial charge in [0.25, 0.3) is 0 Å². The number of hydrogen-bond acceptors (Lipinski definition) is 3. The second-order valence-electron chi connectivity index (χ2n) is 6.65. The minimum absolute atomic E-state index is 0. The molecule has 1 aliphatic heterocycles. The van der Waals surface area contributed by atoms with E-state index < -0.39 is 12.8 Å². The lowest BCUT2D eigenvalue weighted by Crippen LogP contribution is -2.39. The molecule has 0 amide bonds. The van der Waals surface area contributed by atoms with Crippen LogP contribution >= 0.6 is 24.0 Å². The van der Waals surface area contributed by atoms with Crippen molar-refractivity contribution in [1.82, 2.24) is 15.2 Å². The highest BCUT2D eigenvalue weighted by molar-refractivity contribution is 14.0. The predicted molar refractivity (Wildman–Crippen MR) is 117 cm³/mol. The number of benzene rings is 1. The number of alkyl halides is 3. The molecular weight excluding hydrogens is 496 g/mol. The van der Waals surface area contributed by atoms with Gasteiger partial charge < -0.3 is 15.0 Å². The summed E-state index contributed by atoms with van der Waals surface area (Å²) in [6.45, 7) is 0.840. The highest BCUT2D eigenvalue weighted by Gasteiger charge is 2.29. The molecule has 0 bridgehead atoms. The molecule has 2 heterocycles. The molecule has 2 aromatic rings. The van der Waals surface area contributed by atoms with E-state index in [1.54, 1.807) is 13.1 Å². The zero-order chi connectivity index (χ0) is 20.0. The topological polar surface area (TPSA) is 49.8 Å². The number of ether oxygens (including phenoxy) is 1. The first-order chi connectivity index (χ1) is 13.4. The summed E-state index contributed by atoms with van der Waals surface area (Å²) in [7, 11) is 1.72. The largest absolute Gasteiger partial charge is 0.468 e. The van der Waals surface area contributed by atoms with Crippen molar-refractivity contribution in [2.45, 2.75) is 25.1 Å². The number of nitrogens with one attached hydrogen (secondary N) is 1. The van der Waals surface area contributed by atoms with Crippen LogP contribution in [0, 0.1) is 0 Å². The number of hydrogen-bond donors (Lipinski definition) is 1. The highest BCUT2D eigenvalue weighted by Crippen LogP contribution is 2.27. The average Bonchev–Trinajstić information content (AvgIpc) is 3.17. The van der Waals surface area contributed by atoms with Crippen molar-refractivity contribution >= 4 is 29.9 Å². The van der Waals surface area contributed by atoms with Crippen molar-refractivity contribution < 1.29 is 17.9 Å². The van der Waals surface area contributed by atoms with Gasteiger partial charge in [0.05, 0.1) is 0 Å². The first-order valence-electron chi connectivity index (χ1n) is 9.09. The van der Waals surface area contributed by atoms with E-state index >= 15 is 0 Å². The molecular formula is C20H24F3IN4O. The molecule has 1 atom stereocenters. The molecule has 0 aliphatic carbocycles. The summed E-state index contributed by atoms with van der Waals surface area (Å²) in [5.74, 6) is 1.19. The molecule has 1 N–H and O–H groups in total.